The largest absolute Gasteiger partial charge is 0.367 e. The maximum atomic E-state index is 13.3. The molecule has 1 fully saturated rings. The fourth-order valence-electron chi connectivity index (χ4n) is 5.13. The van der Waals surface area contributed by atoms with E-state index >= 15 is 0 Å². The molecule has 1 amide bonds. The molecule has 2 aliphatic heterocycles. The summed E-state index contributed by atoms with van der Waals surface area (Å²) < 4.78 is 3.75. The van der Waals surface area contributed by atoms with Gasteiger partial charge in [-0.1, -0.05) is 6.07 Å². The van der Waals surface area contributed by atoms with Gasteiger partial charge in [-0.15, -0.1) is 0 Å². The average molecular weight is 421 g/mol. The molecule has 5 heterocycles. The maximum absolute atomic E-state index is 13.3. The van der Waals surface area contributed by atoms with Gasteiger partial charge in [-0.25, -0.2) is 0 Å². The lowest BCUT2D eigenvalue weighted by atomic mass is 9.82. The van der Waals surface area contributed by atoms with Crippen LogP contribution in [0.1, 0.15) is 39.5 Å². The summed E-state index contributed by atoms with van der Waals surface area (Å²) in [6, 6.07) is 5.89. The second-order valence-corrected chi connectivity index (χ2v) is 9.00. The molecule has 3 aromatic heterocycles. The lowest BCUT2D eigenvalue weighted by Crippen LogP contribution is -2.49. The van der Waals surface area contributed by atoms with Crippen molar-refractivity contribution in [3.63, 3.8) is 0 Å². The van der Waals surface area contributed by atoms with E-state index in [0.29, 0.717) is 37.7 Å². The normalized spacial score (nSPS) is 20.2. The van der Waals surface area contributed by atoms with Gasteiger partial charge >= 0.3 is 0 Å². The highest BCUT2D eigenvalue weighted by Gasteiger charge is 2.37. The van der Waals surface area contributed by atoms with Crippen LogP contribution in [0.3, 0.4) is 0 Å². The van der Waals surface area contributed by atoms with E-state index in [2.05, 4.69) is 21.0 Å². The number of likely N-dealkylation sites (tertiary alicyclic amines) is 1. The Kier molecular flexibility index (Phi) is 5.02. The van der Waals surface area contributed by atoms with E-state index in [1.807, 2.05) is 48.1 Å². The Bertz CT molecular complexity index is 1150. The number of hydrogen-bond donors (Lipinski definition) is 1. The van der Waals surface area contributed by atoms with Crippen molar-refractivity contribution in [3.8, 4) is 0 Å². The smallest absolute Gasteiger partial charge is 0.255 e. The van der Waals surface area contributed by atoms with Crippen molar-refractivity contribution < 1.29 is 4.79 Å². The number of carbonyl (C=O) groups excluding carboxylic acids is 1. The molecule has 5 rings (SSSR count). The van der Waals surface area contributed by atoms with E-state index in [-0.39, 0.29) is 17.4 Å². The van der Waals surface area contributed by atoms with Crippen molar-refractivity contribution in [1.29, 1.82) is 0 Å². The molecular formula is C23H28N6O2. The minimum absolute atomic E-state index is 0.0698. The van der Waals surface area contributed by atoms with Crippen molar-refractivity contribution in [2.75, 3.05) is 20.1 Å². The summed E-state index contributed by atoms with van der Waals surface area (Å²) in [5, 5.41) is 4.21. The van der Waals surface area contributed by atoms with Gasteiger partial charge in [0.1, 0.15) is 0 Å². The molecule has 0 saturated carbocycles. The molecule has 2 atom stereocenters. The van der Waals surface area contributed by atoms with Crippen LogP contribution in [0.5, 0.6) is 0 Å². The Morgan fingerprint density at radius 1 is 1.23 bits per heavy atom. The van der Waals surface area contributed by atoms with Crippen molar-refractivity contribution >= 4 is 5.91 Å². The van der Waals surface area contributed by atoms with Crippen LogP contribution in [0.4, 0.5) is 0 Å². The lowest BCUT2D eigenvalue weighted by molar-refractivity contribution is 0.0594. The van der Waals surface area contributed by atoms with Gasteiger partial charge in [0.25, 0.3) is 11.5 Å². The number of hydrogen-bond acceptors (Lipinski definition) is 4. The molecule has 3 aromatic rings. The number of amides is 1. The van der Waals surface area contributed by atoms with Crippen LogP contribution in [-0.2, 0) is 26.7 Å². The Hall–Kier alpha value is -3.13. The van der Waals surface area contributed by atoms with Crippen LogP contribution in [-0.4, -0.2) is 55.2 Å². The standard InChI is InChI=1S/C23H28N6O2/c1-26(10-17-8-25-27(2)11-17)14-19-3-4-21-20-7-16(13-29(21)23(19)31)12-28(15-20)22(30)18-5-6-24-9-18/h3-6,8-9,11,16,20,24H,7,10,12-15H2,1-2H3/t16-,20+/m0/s1. The predicted octanol–water partition coefficient (Wildman–Crippen LogP) is 1.80. The Balaban J connectivity index is 1.33. The fraction of sp³-hybridized carbons (Fsp3) is 0.435. The molecular weight excluding hydrogens is 392 g/mol. The summed E-state index contributed by atoms with van der Waals surface area (Å²) in [5.41, 5.74) is 3.81. The first-order valence-electron chi connectivity index (χ1n) is 10.8. The molecule has 31 heavy (non-hydrogen) atoms. The number of nitrogens with zero attached hydrogens (tertiary/aromatic N) is 5. The molecule has 8 nitrogen and oxygen atoms in total. The van der Waals surface area contributed by atoms with Gasteiger partial charge in [0, 0.05) is 81.1 Å². The predicted molar refractivity (Wildman–Crippen MR) is 117 cm³/mol. The molecule has 8 heteroatoms. The summed E-state index contributed by atoms with van der Waals surface area (Å²) in [4.78, 5) is 33.1. The number of aromatic nitrogens is 4. The molecule has 0 aromatic carbocycles. The first-order chi connectivity index (χ1) is 15.0. The number of rotatable bonds is 5. The number of aromatic amines is 1. The monoisotopic (exact) mass is 420 g/mol. The van der Waals surface area contributed by atoms with Crippen LogP contribution in [0, 0.1) is 5.92 Å². The average Bonchev–Trinajstić information content (AvgIpc) is 3.42. The third-order valence-electron chi connectivity index (χ3n) is 6.47. The van der Waals surface area contributed by atoms with Gasteiger partial charge in [-0.3, -0.25) is 19.2 Å². The number of piperidine rings is 1. The second kappa shape index (κ2) is 7.85. The lowest BCUT2D eigenvalue weighted by Gasteiger charge is -2.43. The topological polar surface area (TPSA) is 79.2 Å². The summed E-state index contributed by atoms with van der Waals surface area (Å²) in [6.45, 7) is 3.40. The van der Waals surface area contributed by atoms with Gasteiger partial charge in [-0.2, -0.15) is 5.10 Å². The summed E-state index contributed by atoms with van der Waals surface area (Å²) in [6.07, 6.45) is 8.42. The van der Waals surface area contributed by atoms with Crippen LogP contribution < -0.4 is 5.56 Å². The van der Waals surface area contributed by atoms with Gasteiger partial charge in [0.2, 0.25) is 0 Å². The molecule has 0 spiro atoms. The highest BCUT2D eigenvalue weighted by atomic mass is 16.2. The van der Waals surface area contributed by atoms with Crippen LogP contribution >= 0.6 is 0 Å². The highest BCUT2D eigenvalue weighted by molar-refractivity contribution is 5.94. The summed E-state index contributed by atoms with van der Waals surface area (Å²) in [5.74, 6) is 0.598. The van der Waals surface area contributed by atoms with Crippen LogP contribution in [0.2, 0.25) is 0 Å². The Labute approximate surface area is 181 Å². The third-order valence-corrected chi connectivity index (χ3v) is 6.47. The Morgan fingerprint density at radius 2 is 2.10 bits per heavy atom. The van der Waals surface area contributed by atoms with Gasteiger partial charge in [0.15, 0.2) is 0 Å². The molecule has 0 unspecified atom stereocenters. The number of fused-ring (bicyclic) bond motifs is 4. The molecule has 162 valence electrons. The molecule has 0 radical (unpaired) electrons. The van der Waals surface area contributed by atoms with Gasteiger partial charge < -0.3 is 14.5 Å². The number of aryl methyl sites for hydroxylation is 1. The zero-order valence-corrected chi connectivity index (χ0v) is 18.0. The SMILES string of the molecule is CN(Cc1cnn(C)c1)Cc1ccc2n(c1=O)C[C@H]1C[C@@H]2CN(C(=O)c2cc[nH]c2)C1. The van der Waals surface area contributed by atoms with E-state index in [0.717, 1.165) is 29.8 Å². The number of pyridine rings is 1. The van der Waals surface area contributed by atoms with E-state index in [1.54, 1.807) is 17.1 Å². The quantitative estimate of drug-likeness (QED) is 0.683. The second-order valence-electron chi connectivity index (χ2n) is 9.00. The van der Waals surface area contributed by atoms with Crippen molar-refractivity contribution in [1.82, 2.24) is 29.1 Å². The van der Waals surface area contributed by atoms with Gasteiger partial charge in [0.05, 0.1) is 11.8 Å². The molecule has 0 aliphatic carbocycles. The first kappa shape index (κ1) is 19.8. The zero-order chi connectivity index (χ0) is 21.5. The van der Waals surface area contributed by atoms with Crippen molar-refractivity contribution in [3.05, 3.63) is 75.7 Å². The maximum Gasteiger partial charge on any atom is 0.255 e. The van der Waals surface area contributed by atoms with Crippen molar-refractivity contribution in [2.24, 2.45) is 13.0 Å². The number of H-pyrrole nitrogens is 1. The molecule has 2 aliphatic rings. The van der Waals surface area contributed by atoms with Crippen molar-refractivity contribution in [2.45, 2.75) is 32.0 Å². The molecule has 1 saturated heterocycles. The van der Waals surface area contributed by atoms with E-state index < -0.39 is 0 Å². The van der Waals surface area contributed by atoms with Gasteiger partial charge in [-0.05, 0) is 31.5 Å². The first-order valence-corrected chi connectivity index (χ1v) is 10.8. The Morgan fingerprint density at radius 3 is 2.84 bits per heavy atom. The van der Waals surface area contributed by atoms with E-state index in [9.17, 15) is 9.59 Å². The van der Waals surface area contributed by atoms with Crippen LogP contribution in [0.25, 0.3) is 0 Å². The zero-order valence-electron chi connectivity index (χ0n) is 18.0. The van der Waals surface area contributed by atoms with E-state index in [4.69, 9.17) is 0 Å². The molecule has 1 N–H and O–H groups in total. The fourth-order valence-corrected chi connectivity index (χ4v) is 5.13. The third kappa shape index (κ3) is 3.83. The minimum Gasteiger partial charge on any atom is -0.367 e. The number of carbonyl (C=O) groups is 1. The minimum atomic E-state index is 0.0698. The molecule has 2 bridgehead atoms. The summed E-state index contributed by atoms with van der Waals surface area (Å²) in [7, 11) is 3.93. The number of nitrogens with one attached hydrogen (secondary N) is 1. The summed E-state index contributed by atoms with van der Waals surface area (Å²) >= 11 is 0. The highest BCUT2D eigenvalue weighted by Crippen LogP contribution is 2.35. The van der Waals surface area contributed by atoms with Crippen LogP contribution in [0.15, 0.2) is 47.8 Å². The van der Waals surface area contributed by atoms with E-state index in [1.165, 1.54) is 0 Å².